The minimum atomic E-state index is -0.530. The molecular formula is C25H27Cl2FN4O2. The molecule has 34 heavy (non-hydrogen) atoms. The molecule has 4 heterocycles. The molecule has 2 aromatic heterocycles. The van der Waals surface area contributed by atoms with E-state index < -0.39 is 5.82 Å². The number of benzene rings is 1. The molecule has 5 rings (SSSR count). The Balaban J connectivity index is 1.38. The number of carbonyl (C=O) groups is 1. The zero-order valence-corrected chi connectivity index (χ0v) is 20.6. The third kappa shape index (κ3) is 4.04. The van der Waals surface area contributed by atoms with E-state index in [0.717, 1.165) is 31.4 Å². The van der Waals surface area contributed by atoms with Gasteiger partial charge in [0.1, 0.15) is 16.5 Å². The van der Waals surface area contributed by atoms with Gasteiger partial charge in [-0.25, -0.2) is 4.39 Å². The van der Waals surface area contributed by atoms with E-state index in [9.17, 15) is 14.0 Å². The SMILES string of the molecule is CN1CCCCC12CCN(C(=O)c1cc(Cc3c[nH]c(=O)c4cc(Cl)c(Cl)n34)ccc1F)CC2. The van der Waals surface area contributed by atoms with Gasteiger partial charge in [-0.15, -0.1) is 0 Å². The van der Waals surface area contributed by atoms with Gasteiger partial charge in [0.15, 0.2) is 0 Å². The van der Waals surface area contributed by atoms with Crippen LogP contribution in [0.25, 0.3) is 5.52 Å². The van der Waals surface area contributed by atoms with Crippen molar-refractivity contribution >= 4 is 34.6 Å². The highest BCUT2D eigenvalue weighted by Gasteiger charge is 2.40. The molecule has 2 aliphatic heterocycles. The maximum atomic E-state index is 14.8. The summed E-state index contributed by atoms with van der Waals surface area (Å²) < 4.78 is 16.3. The zero-order chi connectivity index (χ0) is 24.0. The van der Waals surface area contributed by atoms with Gasteiger partial charge in [0.05, 0.1) is 10.6 Å². The molecule has 2 fully saturated rings. The Hall–Kier alpha value is -2.35. The molecule has 2 saturated heterocycles. The molecule has 3 aromatic rings. The van der Waals surface area contributed by atoms with Crippen LogP contribution in [-0.4, -0.2) is 57.3 Å². The lowest BCUT2D eigenvalue weighted by molar-refractivity contribution is 0.0110. The lowest BCUT2D eigenvalue weighted by Gasteiger charge is -2.50. The number of fused-ring (bicyclic) bond motifs is 1. The molecule has 1 amide bonds. The normalized spacial score (nSPS) is 18.6. The predicted octanol–water partition coefficient (Wildman–Crippen LogP) is 4.75. The molecule has 0 unspecified atom stereocenters. The second kappa shape index (κ2) is 9.02. The van der Waals surface area contributed by atoms with Gasteiger partial charge in [0.2, 0.25) is 0 Å². The van der Waals surface area contributed by atoms with Crippen molar-refractivity contribution in [1.29, 1.82) is 0 Å². The third-order valence-electron chi connectivity index (χ3n) is 7.61. The van der Waals surface area contributed by atoms with Gasteiger partial charge in [0.25, 0.3) is 11.5 Å². The number of hydrogen-bond acceptors (Lipinski definition) is 3. The van der Waals surface area contributed by atoms with E-state index in [1.807, 2.05) is 0 Å². The lowest BCUT2D eigenvalue weighted by atomic mass is 9.79. The predicted molar refractivity (Wildman–Crippen MR) is 132 cm³/mol. The van der Waals surface area contributed by atoms with Gasteiger partial charge in [-0.3, -0.25) is 14.0 Å². The number of aromatic nitrogens is 2. The molecule has 2 aliphatic rings. The lowest BCUT2D eigenvalue weighted by Crippen LogP contribution is -2.56. The largest absolute Gasteiger partial charge is 0.338 e. The number of rotatable bonds is 3. The van der Waals surface area contributed by atoms with Gasteiger partial charge >= 0.3 is 0 Å². The van der Waals surface area contributed by atoms with E-state index >= 15 is 0 Å². The fourth-order valence-electron chi connectivity index (χ4n) is 5.54. The van der Waals surface area contributed by atoms with Crippen molar-refractivity contribution < 1.29 is 9.18 Å². The Morgan fingerprint density at radius 3 is 2.62 bits per heavy atom. The van der Waals surface area contributed by atoms with Crippen LogP contribution < -0.4 is 5.56 Å². The first-order chi connectivity index (χ1) is 16.3. The summed E-state index contributed by atoms with van der Waals surface area (Å²) in [5.41, 5.74) is 1.68. The molecule has 0 bridgehead atoms. The number of piperidine rings is 2. The molecule has 0 atom stereocenters. The number of nitrogens with one attached hydrogen (secondary N) is 1. The summed E-state index contributed by atoms with van der Waals surface area (Å²) in [5.74, 6) is -0.807. The van der Waals surface area contributed by atoms with E-state index in [-0.39, 0.29) is 32.7 Å². The average Bonchev–Trinajstić information content (AvgIpc) is 3.14. The first-order valence-electron chi connectivity index (χ1n) is 11.6. The molecule has 0 saturated carbocycles. The summed E-state index contributed by atoms with van der Waals surface area (Å²) in [6.07, 6.45) is 7.34. The summed E-state index contributed by atoms with van der Waals surface area (Å²) in [6.45, 7) is 2.36. The first-order valence-corrected chi connectivity index (χ1v) is 12.4. The van der Waals surface area contributed by atoms with Crippen LogP contribution in [0.1, 0.15) is 53.7 Å². The molecule has 1 spiro atoms. The number of aromatic amines is 1. The Morgan fingerprint density at radius 1 is 1.12 bits per heavy atom. The molecule has 0 aliphatic carbocycles. The van der Waals surface area contributed by atoms with Gasteiger partial charge in [-0.1, -0.05) is 35.7 Å². The van der Waals surface area contributed by atoms with Crippen LogP contribution in [0.2, 0.25) is 10.2 Å². The van der Waals surface area contributed by atoms with Crippen molar-refractivity contribution in [2.45, 2.75) is 44.1 Å². The van der Waals surface area contributed by atoms with Crippen molar-refractivity contribution in [2.24, 2.45) is 0 Å². The number of nitrogens with zero attached hydrogens (tertiary/aromatic N) is 3. The fraction of sp³-hybridized carbons (Fsp3) is 0.440. The standard InChI is InChI=1S/C25H27Cl2FN4O2/c1-30-9-3-2-6-25(30)7-10-31(11-8-25)24(34)18-13-16(4-5-20(18)28)12-17-15-29-23(33)21-14-19(26)22(27)32(17)21/h4-5,13-15H,2-3,6-12H2,1H3,(H,29,33). The highest BCUT2D eigenvalue weighted by Crippen LogP contribution is 2.36. The maximum absolute atomic E-state index is 14.8. The van der Waals surface area contributed by atoms with E-state index in [1.165, 1.54) is 25.0 Å². The highest BCUT2D eigenvalue weighted by molar-refractivity contribution is 6.42. The van der Waals surface area contributed by atoms with Crippen LogP contribution in [0.3, 0.4) is 0 Å². The monoisotopic (exact) mass is 504 g/mol. The van der Waals surface area contributed by atoms with Crippen LogP contribution in [0.15, 0.2) is 35.3 Å². The van der Waals surface area contributed by atoms with Gasteiger partial charge in [-0.2, -0.15) is 0 Å². The molecule has 0 radical (unpaired) electrons. The van der Waals surface area contributed by atoms with Gasteiger partial charge < -0.3 is 14.8 Å². The summed E-state index contributed by atoms with van der Waals surface area (Å²) in [4.78, 5) is 32.3. The van der Waals surface area contributed by atoms with E-state index in [4.69, 9.17) is 23.2 Å². The van der Waals surface area contributed by atoms with Crippen molar-refractivity contribution in [3.8, 4) is 0 Å². The number of carbonyl (C=O) groups excluding carboxylic acids is 1. The van der Waals surface area contributed by atoms with Crippen molar-refractivity contribution in [1.82, 2.24) is 19.2 Å². The van der Waals surface area contributed by atoms with E-state index in [2.05, 4.69) is 16.9 Å². The minimum absolute atomic E-state index is 0.0720. The zero-order valence-electron chi connectivity index (χ0n) is 19.0. The topological polar surface area (TPSA) is 60.8 Å². The Kier molecular flexibility index (Phi) is 6.21. The van der Waals surface area contributed by atoms with Crippen LogP contribution in [0, 0.1) is 5.82 Å². The second-order valence-corrected chi connectivity index (χ2v) is 10.3. The number of likely N-dealkylation sites (tertiary alicyclic amines) is 2. The highest BCUT2D eigenvalue weighted by atomic mass is 35.5. The molecule has 1 N–H and O–H groups in total. The molecule has 180 valence electrons. The second-order valence-electron chi connectivity index (χ2n) is 9.50. The molecule has 1 aromatic carbocycles. The van der Waals surface area contributed by atoms with Crippen LogP contribution >= 0.6 is 23.2 Å². The van der Waals surface area contributed by atoms with Crippen LogP contribution in [-0.2, 0) is 6.42 Å². The Bertz CT molecular complexity index is 1310. The van der Waals surface area contributed by atoms with Crippen molar-refractivity contribution in [2.75, 3.05) is 26.7 Å². The van der Waals surface area contributed by atoms with E-state index in [1.54, 1.807) is 27.6 Å². The summed E-state index contributed by atoms with van der Waals surface area (Å²) in [5, 5.41) is 0.521. The summed E-state index contributed by atoms with van der Waals surface area (Å²) in [7, 11) is 2.18. The first kappa shape index (κ1) is 23.4. The van der Waals surface area contributed by atoms with Crippen LogP contribution in [0.4, 0.5) is 4.39 Å². The molecule has 9 heteroatoms. The Labute approximate surface area is 207 Å². The number of amides is 1. The number of halogens is 3. The van der Waals surface area contributed by atoms with Gasteiger partial charge in [-0.05, 0) is 63.0 Å². The quantitative estimate of drug-likeness (QED) is 0.559. The fourth-order valence-corrected chi connectivity index (χ4v) is 5.98. The van der Waals surface area contributed by atoms with Crippen molar-refractivity contribution in [3.63, 3.8) is 0 Å². The smallest absolute Gasteiger partial charge is 0.272 e. The number of H-pyrrole nitrogens is 1. The Morgan fingerprint density at radius 2 is 1.88 bits per heavy atom. The van der Waals surface area contributed by atoms with Crippen LogP contribution in [0.5, 0.6) is 0 Å². The number of hydrogen-bond donors (Lipinski definition) is 1. The van der Waals surface area contributed by atoms with Gasteiger partial charge in [0, 0.05) is 36.9 Å². The molecular weight excluding hydrogens is 478 g/mol. The average molecular weight is 505 g/mol. The van der Waals surface area contributed by atoms with Crippen molar-refractivity contribution in [3.05, 3.63) is 73.6 Å². The third-order valence-corrected chi connectivity index (χ3v) is 8.37. The molecule has 6 nitrogen and oxygen atoms in total. The maximum Gasteiger partial charge on any atom is 0.272 e. The summed E-state index contributed by atoms with van der Waals surface area (Å²) >= 11 is 12.4. The summed E-state index contributed by atoms with van der Waals surface area (Å²) in [6, 6.07) is 6.09. The minimum Gasteiger partial charge on any atom is -0.338 e. The van der Waals surface area contributed by atoms with E-state index in [0.29, 0.717) is 30.7 Å².